The van der Waals surface area contributed by atoms with Gasteiger partial charge in [-0.25, -0.2) is 4.79 Å². The number of rotatable bonds is 6. The second-order valence-electron chi connectivity index (χ2n) is 10.1. The zero-order chi connectivity index (χ0) is 24.4. The summed E-state index contributed by atoms with van der Waals surface area (Å²) in [4.78, 5) is 36.6. The number of aliphatic carboxylic acids is 1. The Kier molecular flexibility index (Phi) is 6.75. The summed E-state index contributed by atoms with van der Waals surface area (Å²) in [6, 6.07) is 16.3. The molecule has 7 nitrogen and oxygen atoms in total. The number of hydrogen-bond acceptors (Lipinski definition) is 4. The van der Waals surface area contributed by atoms with Gasteiger partial charge in [0.25, 0.3) is 0 Å². The van der Waals surface area contributed by atoms with Gasteiger partial charge in [0.1, 0.15) is 6.61 Å². The normalized spacial score (nSPS) is 25.4. The van der Waals surface area contributed by atoms with Crippen molar-refractivity contribution in [3.63, 3.8) is 0 Å². The van der Waals surface area contributed by atoms with E-state index in [2.05, 4.69) is 34.9 Å². The number of fused-ring (bicyclic) bond motifs is 3. The summed E-state index contributed by atoms with van der Waals surface area (Å²) in [7, 11) is 0. The summed E-state index contributed by atoms with van der Waals surface area (Å²) in [6.45, 7) is 0.267. The standard InChI is InChI=1S/C28H32N2O5/c31-26(29-20-13-12-18(15-20)27(32)33)17-6-5-7-19(14-17)30-28(34)35-16-25-23-10-3-1-8-21(23)22-9-2-4-11-24(22)25/h1-4,8-11,17-20,25H,5-7,12-16H2,(H,29,31)(H,30,34)(H,32,33)/t17?,18-,19?,20+/m1/s1. The molecular formula is C28H32N2O5. The molecule has 2 aromatic rings. The van der Waals surface area contributed by atoms with Crippen molar-refractivity contribution in [1.29, 1.82) is 0 Å². The van der Waals surface area contributed by atoms with Crippen LogP contribution in [0.2, 0.25) is 0 Å². The van der Waals surface area contributed by atoms with Crippen molar-refractivity contribution < 1.29 is 24.2 Å². The van der Waals surface area contributed by atoms with Gasteiger partial charge in [-0.3, -0.25) is 9.59 Å². The lowest BCUT2D eigenvalue weighted by molar-refractivity contribution is -0.141. The molecule has 0 saturated heterocycles. The van der Waals surface area contributed by atoms with Crippen molar-refractivity contribution in [1.82, 2.24) is 10.6 Å². The summed E-state index contributed by atoms with van der Waals surface area (Å²) in [5, 5.41) is 15.2. The molecule has 0 radical (unpaired) electrons. The van der Waals surface area contributed by atoms with E-state index in [0.29, 0.717) is 25.7 Å². The largest absolute Gasteiger partial charge is 0.481 e. The third-order valence-corrected chi connectivity index (χ3v) is 7.84. The highest BCUT2D eigenvalue weighted by atomic mass is 16.5. The molecule has 184 valence electrons. The second kappa shape index (κ2) is 10.1. The Hall–Kier alpha value is -3.35. The van der Waals surface area contributed by atoms with E-state index < -0.39 is 12.1 Å². The summed E-state index contributed by atoms with van der Waals surface area (Å²) in [5.74, 6) is -1.34. The van der Waals surface area contributed by atoms with E-state index in [1.807, 2.05) is 24.3 Å². The van der Waals surface area contributed by atoms with E-state index in [4.69, 9.17) is 4.74 Å². The number of benzene rings is 2. The molecule has 3 N–H and O–H groups in total. The molecule has 0 bridgehead atoms. The van der Waals surface area contributed by atoms with E-state index >= 15 is 0 Å². The Morgan fingerprint density at radius 2 is 1.43 bits per heavy atom. The lowest BCUT2D eigenvalue weighted by Crippen LogP contribution is -2.44. The summed E-state index contributed by atoms with van der Waals surface area (Å²) < 4.78 is 5.67. The molecule has 7 heteroatoms. The molecule has 0 heterocycles. The summed E-state index contributed by atoms with van der Waals surface area (Å²) in [5.41, 5.74) is 4.73. The molecule has 2 amide bonds. The van der Waals surface area contributed by atoms with Crippen LogP contribution in [-0.2, 0) is 14.3 Å². The van der Waals surface area contributed by atoms with Crippen LogP contribution in [0.1, 0.15) is 62.0 Å². The molecule has 4 atom stereocenters. The number of amides is 2. The van der Waals surface area contributed by atoms with Crippen molar-refractivity contribution in [3.8, 4) is 11.1 Å². The Morgan fingerprint density at radius 1 is 0.800 bits per heavy atom. The Labute approximate surface area is 205 Å². The topological polar surface area (TPSA) is 105 Å². The lowest BCUT2D eigenvalue weighted by atomic mass is 9.85. The third kappa shape index (κ3) is 5.04. The maximum absolute atomic E-state index is 12.8. The minimum Gasteiger partial charge on any atom is -0.481 e. The van der Waals surface area contributed by atoms with Gasteiger partial charge in [-0.05, 0) is 60.8 Å². The first kappa shape index (κ1) is 23.4. The first-order valence-electron chi connectivity index (χ1n) is 12.6. The molecular weight excluding hydrogens is 444 g/mol. The van der Waals surface area contributed by atoms with Crippen LogP contribution in [0.25, 0.3) is 11.1 Å². The monoisotopic (exact) mass is 476 g/mol. The van der Waals surface area contributed by atoms with Gasteiger partial charge in [-0.2, -0.15) is 0 Å². The SMILES string of the molecule is O=C(NC1CCCC(C(=O)N[C@H]2CC[C@@H](C(=O)O)C2)C1)OCC1c2ccccc2-c2ccccc21. The first-order chi connectivity index (χ1) is 17.0. The van der Waals surface area contributed by atoms with Crippen molar-refractivity contribution in [3.05, 3.63) is 59.7 Å². The smallest absolute Gasteiger partial charge is 0.407 e. The quantitative estimate of drug-likeness (QED) is 0.571. The fourth-order valence-electron chi connectivity index (χ4n) is 6.02. The number of carboxylic acid groups (broad SMARTS) is 1. The number of alkyl carbamates (subject to hydrolysis) is 1. The van der Waals surface area contributed by atoms with E-state index in [1.165, 1.54) is 22.3 Å². The van der Waals surface area contributed by atoms with Gasteiger partial charge in [0.05, 0.1) is 5.92 Å². The molecule has 0 aliphatic heterocycles. The van der Waals surface area contributed by atoms with Gasteiger partial charge < -0.3 is 20.5 Å². The van der Waals surface area contributed by atoms with Crippen LogP contribution in [0, 0.1) is 11.8 Å². The van der Waals surface area contributed by atoms with Crippen LogP contribution in [0.4, 0.5) is 4.79 Å². The van der Waals surface area contributed by atoms with E-state index in [9.17, 15) is 19.5 Å². The van der Waals surface area contributed by atoms with E-state index in [1.54, 1.807) is 0 Å². The maximum atomic E-state index is 12.8. The molecule has 0 spiro atoms. The van der Waals surface area contributed by atoms with Crippen molar-refractivity contribution >= 4 is 18.0 Å². The molecule has 5 rings (SSSR count). The Morgan fingerprint density at radius 3 is 2.09 bits per heavy atom. The highest BCUT2D eigenvalue weighted by Crippen LogP contribution is 2.44. The molecule has 2 saturated carbocycles. The average Bonchev–Trinajstić information content (AvgIpc) is 3.46. The molecule has 2 unspecified atom stereocenters. The second-order valence-corrected chi connectivity index (χ2v) is 10.1. The molecule has 2 aromatic carbocycles. The number of ether oxygens (including phenoxy) is 1. The highest BCUT2D eigenvalue weighted by molar-refractivity contribution is 5.80. The molecule has 0 aromatic heterocycles. The van der Waals surface area contributed by atoms with Gasteiger partial charge in [0.15, 0.2) is 0 Å². The van der Waals surface area contributed by atoms with Gasteiger partial charge in [-0.15, -0.1) is 0 Å². The van der Waals surface area contributed by atoms with Crippen molar-refractivity contribution in [2.45, 2.75) is 62.9 Å². The van der Waals surface area contributed by atoms with Crippen LogP contribution in [0.15, 0.2) is 48.5 Å². The predicted octanol–water partition coefficient (Wildman–Crippen LogP) is 4.45. The average molecular weight is 477 g/mol. The zero-order valence-electron chi connectivity index (χ0n) is 19.7. The number of carbonyl (C=O) groups is 3. The van der Waals surface area contributed by atoms with Gasteiger partial charge in [-0.1, -0.05) is 55.0 Å². The zero-order valence-corrected chi connectivity index (χ0v) is 19.7. The fourth-order valence-corrected chi connectivity index (χ4v) is 6.02. The fraction of sp³-hybridized carbons (Fsp3) is 0.464. The third-order valence-electron chi connectivity index (χ3n) is 7.84. The van der Waals surface area contributed by atoms with Crippen LogP contribution < -0.4 is 10.6 Å². The Balaban J connectivity index is 1.13. The Bertz CT molecular complexity index is 1070. The summed E-state index contributed by atoms with van der Waals surface area (Å²) in [6.07, 6.45) is 4.39. The number of nitrogens with one attached hydrogen (secondary N) is 2. The van der Waals surface area contributed by atoms with E-state index in [-0.39, 0.29) is 42.4 Å². The van der Waals surface area contributed by atoms with Gasteiger partial charge in [0, 0.05) is 23.9 Å². The molecule has 3 aliphatic rings. The minimum absolute atomic E-state index is 0.0130. The van der Waals surface area contributed by atoms with Gasteiger partial charge in [0.2, 0.25) is 5.91 Å². The van der Waals surface area contributed by atoms with Crippen LogP contribution in [0.5, 0.6) is 0 Å². The van der Waals surface area contributed by atoms with Crippen LogP contribution in [0.3, 0.4) is 0 Å². The number of carboxylic acids is 1. The summed E-state index contributed by atoms with van der Waals surface area (Å²) >= 11 is 0. The van der Waals surface area contributed by atoms with Crippen LogP contribution in [-0.4, -0.2) is 41.8 Å². The highest BCUT2D eigenvalue weighted by Gasteiger charge is 2.34. The molecule has 3 aliphatic carbocycles. The molecule has 2 fully saturated rings. The number of carbonyl (C=O) groups excluding carboxylic acids is 2. The van der Waals surface area contributed by atoms with Gasteiger partial charge >= 0.3 is 12.1 Å². The number of hydrogen-bond donors (Lipinski definition) is 3. The van der Waals surface area contributed by atoms with Crippen molar-refractivity contribution in [2.75, 3.05) is 6.61 Å². The van der Waals surface area contributed by atoms with E-state index in [0.717, 1.165) is 19.3 Å². The predicted molar refractivity (Wildman–Crippen MR) is 131 cm³/mol. The lowest BCUT2D eigenvalue weighted by Gasteiger charge is -2.29. The maximum Gasteiger partial charge on any atom is 0.407 e. The first-order valence-corrected chi connectivity index (χ1v) is 12.6. The van der Waals surface area contributed by atoms with Crippen molar-refractivity contribution in [2.24, 2.45) is 11.8 Å². The molecule has 35 heavy (non-hydrogen) atoms. The minimum atomic E-state index is -0.785. The van der Waals surface area contributed by atoms with Crippen LogP contribution >= 0.6 is 0 Å².